The van der Waals surface area contributed by atoms with Crippen LogP contribution in [0.4, 0.5) is 0 Å². The highest BCUT2D eigenvalue weighted by atomic mass is 15.1. The summed E-state index contributed by atoms with van der Waals surface area (Å²) in [5.74, 6) is 0. The highest BCUT2D eigenvalue weighted by Gasteiger charge is 2.13. The SMILES string of the molecule is CCC1CCN(Cc2ccccc2)CCCN1. The van der Waals surface area contributed by atoms with Gasteiger partial charge in [0.15, 0.2) is 0 Å². The van der Waals surface area contributed by atoms with E-state index < -0.39 is 0 Å². The van der Waals surface area contributed by atoms with Crippen molar-refractivity contribution in [2.45, 2.75) is 38.8 Å². The Hall–Kier alpha value is -0.860. The number of hydrogen-bond acceptors (Lipinski definition) is 2. The molecule has 0 saturated carbocycles. The zero-order valence-electron chi connectivity index (χ0n) is 10.9. The molecule has 2 heteroatoms. The molecule has 1 aromatic carbocycles. The fourth-order valence-electron chi connectivity index (χ4n) is 2.51. The number of hydrogen-bond donors (Lipinski definition) is 1. The molecule has 0 aromatic heterocycles. The molecule has 1 saturated heterocycles. The topological polar surface area (TPSA) is 15.3 Å². The first-order chi connectivity index (χ1) is 8.38. The summed E-state index contributed by atoms with van der Waals surface area (Å²) in [6.07, 6.45) is 3.80. The van der Waals surface area contributed by atoms with Crippen molar-refractivity contribution in [3.8, 4) is 0 Å². The van der Waals surface area contributed by atoms with E-state index in [0.29, 0.717) is 6.04 Å². The second-order valence-corrected chi connectivity index (χ2v) is 4.96. The maximum atomic E-state index is 3.63. The van der Waals surface area contributed by atoms with Gasteiger partial charge in [0, 0.05) is 12.6 Å². The van der Waals surface area contributed by atoms with Crippen molar-refractivity contribution in [2.75, 3.05) is 19.6 Å². The summed E-state index contributed by atoms with van der Waals surface area (Å²) in [5.41, 5.74) is 1.44. The third kappa shape index (κ3) is 4.14. The molecule has 0 aliphatic carbocycles. The van der Waals surface area contributed by atoms with E-state index in [1.807, 2.05) is 0 Å². The molecule has 2 nitrogen and oxygen atoms in total. The normalized spacial score (nSPS) is 23.0. The number of benzene rings is 1. The Labute approximate surface area is 105 Å². The van der Waals surface area contributed by atoms with Gasteiger partial charge in [-0.2, -0.15) is 0 Å². The van der Waals surface area contributed by atoms with Gasteiger partial charge in [-0.1, -0.05) is 37.3 Å². The van der Waals surface area contributed by atoms with Crippen LogP contribution >= 0.6 is 0 Å². The highest BCUT2D eigenvalue weighted by molar-refractivity contribution is 5.14. The van der Waals surface area contributed by atoms with Gasteiger partial charge in [-0.15, -0.1) is 0 Å². The van der Waals surface area contributed by atoms with E-state index in [2.05, 4.69) is 47.5 Å². The van der Waals surface area contributed by atoms with Gasteiger partial charge in [-0.3, -0.25) is 4.90 Å². The number of nitrogens with one attached hydrogen (secondary N) is 1. The molecule has 17 heavy (non-hydrogen) atoms. The molecule has 94 valence electrons. The minimum atomic E-state index is 0.716. The summed E-state index contributed by atoms with van der Waals surface area (Å²) < 4.78 is 0. The van der Waals surface area contributed by atoms with Crippen molar-refractivity contribution in [2.24, 2.45) is 0 Å². The van der Waals surface area contributed by atoms with Gasteiger partial charge in [0.2, 0.25) is 0 Å². The molecule has 1 atom stereocenters. The Morgan fingerprint density at radius 1 is 1.24 bits per heavy atom. The fourth-order valence-corrected chi connectivity index (χ4v) is 2.51. The lowest BCUT2D eigenvalue weighted by molar-refractivity contribution is 0.224. The van der Waals surface area contributed by atoms with Crippen LogP contribution in [0.25, 0.3) is 0 Å². The zero-order valence-corrected chi connectivity index (χ0v) is 10.9. The highest BCUT2D eigenvalue weighted by Crippen LogP contribution is 2.09. The smallest absolute Gasteiger partial charge is 0.0233 e. The van der Waals surface area contributed by atoms with Gasteiger partial charge in [0.05, 0.1) is 0 Å². The maximum absolute atomic E-state index is 3.63. The molecular weight excluding hydrogens is 208 g/mol. The van der Waals surface area contributed by atoms with E-state index in [4.69, 9.17) is 0 Å². The third-order valence-corrected chi connectivity index (χ3v) is 3.62. The predicted molar refractivity (Wildman–Crippen MR) is 73.0 cm³/mol. The molecule has 1 aromatic rings. The van der Waals surface area contributed by atoms with Gasteiger partial charge in [-0.05, 0) is 44.5 Å². The standard InChI is InChI=1S/C15H24N2/c1-2-15-9-12-17(11-6-10-16-15)13-14-7-4-3-5-8-14/h3-5,7-8,15-16H,2,6,9-13H2,1H3. The van der Waals surface area contributed by atoms with Crippen LogP contribution in [0.5, 0.6) is 0 Å². The lowest BCUT2D eigenvalue weighted by atomic mass is 10.1. The maximum Gasteiger partial charge on any atom is 0.0233 e. The summed E-state index contributed by atoms with van der Waals surface area (Å²) in [4.78, 5) is 2.60. The molecule has 1 aliphatic heterocycles. The molecule has 1 fully saturated rings. The van der Waals surface area contributed by atoms with Crippen LogP contribution in [0.2, 0.25) is 0 Å². The lowest BCUT2D eigenvalue weighted by Crippen LogP contribution is -2.39. The lowest BCUT2D eigenvalue weighted by Gasteiger charge is -2.28. The fraction of sp³-hybridized carbons (Fsp3) is 0.600. The van der Waals surface area contributed by atoms with Crippen molar-refractivity contribution in [1.82, 2.24) is 10.2 Å². The molecule has 1 unspecified atom stereocenters. The van der Waals surface area contributed by atoms with Gasteiger partial charge in [0.25, 0.3) is 0 Å². The molecule has 1 N–H and O–H groups in total. The Bertz CT molecular complexity index is 310. The van der Waals surface area contributed by atoms with Crippen molar-refractivity contribution >= 4 is 0 Å². The Morgan fingerprint density at radius 3 is 2.82 bits per heavy atom. The van der Waals surface area contributed by atoms with Gasteiger partial charge in [-0.25, -0.2) is 0 Å². The van der Waals surface area contributed by atoms with Gasteiger partial charge in [0.1, 0.15) is 0 Å². The molecule has 0 radical (unpaired) electrons. The van der Waals surface area contributed by atoms with Crippen LogP contribution in [0.1, 0.15) is 31.7 Å². The van der Waals surface area contributed by atoms with Crippen LogP contribution in [-0.4, -0.2) is 30.6 Å². The molecule has 0 bridgehead atoms. The van der Waals surface area contributed by atoms with E-state index in [0.717, 1.165) is 6.54 Å². The van der Waals surface area contributed by atoms with Crippen LogP contribution < -0.4 is 5.32 Å². The Balaban J connectivity index is 1.87. The van der Waals surface area contributed by atoms with Crippen molar-refractivity contribution in [1.29, 1.82) is 0 Å². The molecule has 2 rings (SSSR count). The Morgan fingerprint density at radius 2 is 2.06 bits per heavy atom. The number of rotatable bonds is 3. The van der Waals surface area contributed by atoms with E-state index in [-0.39, 0.29) is 0 Å². The zero-order chi connectivity index (χ0) is 11.9. The average molecular weight is 232 g/mol. The van der Waals surface area contributed by atoms with Crippen molar-refractivity contribution in [3.63, 3.8) is 0 Å². The average Bonchev–Trinajstić information content (AvgIpc) is 2.35. The summed E-state index contributed by atoms with van der Waals surface area (Å²) in [6.45, 7) is 7.00. The molecule has 0 spiro atoms. The molecule has 0 amide bonds. The van der Waals surface area contributed by atoms with Crippen LogP contribution in [0, 0.1) is 0 Å². The first-order valence-electron chi connectivity index (χ1n) is 6.88. The van der Waals surface area contributed by atoms with E-state index in [1.165, 1.54) is 44.5 Å². The summed E-state index contributed by atoms with van der Waals surface area (Å²) in [5, 5.41) is 3.63. The van der Waals surface area contributed by atoms with E-state index in [1.54, 1.807) is 0 Å². The van der Waals surface area contributed by atoms with Gasteiger partial charge < -0.3 is 5.32 Å². The monoisotopic (exact) mass is 232 g/mol. The minimum Gasteiger partial charge on any atom is -0.314 e. The second kappa shape index (κ2) is 6.77. The summed E-state index contributed by atoms with van der Waals surface area (Å²) >= 11 is 0. The van der Waals surface area contributed by atoms with Crippen LogP contribution in [0.15, 0.2) is 30.3 Å². The van der Waals surface area contributed by atoms with Crippen molar-refractivity contribution in [3.05, 3.63) is 35.9 Å². The number of nitrogens with zero attached hydrogens (tertiary/aromatic N) is 1. The van der Waals surface area contributed by atoms with Crippen molar-refractivity contribution < 1.29 is 0 Å². The summed E-state index contributed by atoms with van der Waals surface area (Å²) in [7, 11) is 0. The summed E-state index contributed by atoms with van der Waals surface area (Å²) in [6, 6.07) is 11.5. The first kappa shape index (κ1) is 12.6. The minimum absolute atomic E-state index is 0.716. The van der Waals surface area contributed by atoms with E-state index >= 15 is 0 Å². The van der Waals surface area contributed by atoms with Crippen LogP contribution in [0.3, 0.4) is 0 Å². The predicted octanol–water partition coefficient (Wildman–Crippen LogP) is 2.65. The van der Waals surface area contributed by atoms with E-state index in [9.17, 15) is 0 Å². The second-order valence-electron chi connectivity index (χ2n) is 4.96. The first-order valence-corrected chi connectivity index (χ1v) is 6.88. The van der Waals surface area contributed by atoms with Gasteiger partial charge >= 0.3 is 0 Å². The third-order valence-electron chi connectivity index (χ3n) is 3.62. The molecule has 1 aliphatic rings. The largest absolute Gasteiger partial charge is 0.314 e. The molecule has 1 heterocycles. The molecular formula is C15H24N2. The Kier molecular flexibility index (Phi) is 5.02. The van der Waals surface area contributed by atoms with Crippen LogP contribution in [-0.2, 0) is 6.54 Å². The quantitative estimate of drug-likeness (QED) is 0.862.